The molecule has 0 radical (unpaired) electrons. The maximum Gasteiger partial charge on any atom is 0.247 e. The van der Waals surface area contributed by atoms with E-state index in [1.807, 2.05) is 18.2 Å². The Morgan fingerprint density at radius 3 is 2.66 bits per heavy atom. The van der Waals surface area contributed by atoms with Crippen LogP contribution in [0.5, 0.6) is 5.75 Å². The number of nitrogens with zero attached hydrogens (tertiary/aromatic N) is 2. The number of hydrogen-bond donors (Lipinski definition) is 1. The lowest BCUT2D eigenvalue weighted by atomic mass is 9.82. The molecule has 0 bridgehead atoms. The van der Waals surface area contributed by atoms with Crippen LogP contribution in [0.3, 0.4) is 0 Å². The first-order valence-electron chi connectivity index (χ1n) is 10.7. The fraction of sp³-hybridized carbons (Fsp3) is 0.458. The van der Waals surface area contributed by atoms with Crippen molar-refractivity contribution in [3.05, 3.63) is 59.7 Å². The van der Waals surface area contributed by atoms with E-state index >= 15 is 0 Å². The third-order valence-corrected chi connectivity index (χ3v) is 7.10. The Kier molecular flexibility index (Phi) is 4.70. The fourth-order valence-corrected chi connectivity index (χ4v) is 5.51. The number of fused-ring (bicyclic) bond motifs is 1. The summed E-state index contributed by atoms with van der Waals surface area (Å²) >= 11 is 0. The molecule has 1 spiro atoms. The van der Waals surface area contributed by atoms with E-state index in [1.54, 1.807) is 7.11 Å². The van der Waals surface area contributed by atoms with E-state index in [9.17, 15) is 4.79 Å². The SMILES string of the molecule is COc1ccc2c(c1)CCCC2N1CCC2(CC1)C(=O)NCN2c1ccccc1. The molecule has 2 saturated heterocycles. The molecule has 5 heteroatoms. The summed E-state index contributed by atoms with van der Waals surface area (Å²) < 4.78 is 5.43. The fourth-order valence-electron chi connectivity index (χ4n) is 5.51. The summed E-state index contributed by atoms with van der Waals surface area (Å²) in [5, 5.41) is 3.11. The lowest BCUT2D eigenvalue weighted by Gasteiger charge is -2.46. The highest BCUT2D eigenvalue weighted by atomic mass is 16.5. The highest BCUT2D eigenvalue weighted by molar-refractivity contribution is 5.93. The Bertz CT molecular complexity index is 890. The van der Waals surface area contributed by atoms with Crippen LogP contribution in [0.15, 0.2) is 48.5 Å². The number of benzene rings is 2. The zero-order valence-electron chi connectivity index (χ0n) is 17.1. The van der Waals surface area contributed by atoms with E-state index in [0.29, 0.717) is 12.7 Å². The average Bonchev–Trinajstić information content (AvgIpc) is 3.09. The van der Waals surface area contributed by atoms with E-state index in [1.165, 1.54) is 24.0 Å². The van der Waals surface area contributed by atoms with Crippen molar-refractivity contribution in [3.63, 3.8) is 0 Å². The van der Waals surface area contributed by atoms with Crippen molar-refractivity contribution in [2.24, 2.45) is 0 Å². The van der Waals surface area contributed by atoms with E-state index in [4.69, 9.17) is 4.74 Å². The molecule has 2 fully saturated rings. The van der Waals surface area contributed by atoms with Gasteiger partial charge in [-0.05, 0) is 67.5 Å². The zero-order valence-corrected chi connectivity index (χ0v) is 17.1. The van der Waals surface area contributed by atoms with Gasteiger partial charge in [0.25, 0.3) is 0 Å². The Hall–Kier alpha value is -2.53. The molecule has 1 unspecified atom stereocenters. The van der Waals surface area contributed by atoms with Gasteiger partial charge in [0.1, 0.15) is 11.3 Å². The smallest absolute Gasteiger partial charge is 0.247 e. The summed E-state index contributed by atoms with van der Waals surface area (Å²) in [5.41, 5.74) is 3.60. The van der Waals surface area contributed by atoms with Gasteiger partial charge in [0.15, 0.2) is 0 Å². The first kappa shape index (κ1) is 18.5. The van der Waals surface area contributed by atoms with Crippen molar-refractivity contribution in [1.29, 1.82) is 0 Å². The molecule has 29 heavy (non-hydrogen) atoms. The van der Waals surface area contributed by atoms with Crippen LogP contribution >= 0.6 is 0 Å². The van der Waals surface area contributed by atoms with Crippen LogP contribution in [0.25, 0.3) is 0 Å². The summed E-state index contributed by atoms with van der Waals surface area (Å²) in [6.45, 7) is 2.51. The van der Waals surface area contributed by atoms with Gasteiger partial charge in [0.05, 0.1) is 13.8 Å². The summed E-state index contributed by atoms with van der Waals surface area (Å²) in [7, 11) is 1.73. The van der Waals surface area contributed by atoms with Gasteiger partial charge in [0.2, 0.25) is 5.91 Å². The largest absolute Gasteiger partial charge is 0.497 e. The molecule has 2 aliphatic heterocycles. The minimum atomic E-state index is -0.407. The van der Waals surface area contributed by atoms with E-state index in [-0.39, 0.29) is 5.91 Å². The van der Waals surface area contributed by atoms with Crippen LogP contribution in [0.4, 0.5) is 5.69 Å². The van der Waals surface area contributed by atoms with E-state index < -0.39 is 5.54 Å². The molecule has 2 heterocycles. The Morgan fingerprint density at radius 1 is 1.10 bits per heavy atom. The average molecular weight is 392 g/mol. The van der Waals surface area contributed by atoms with Crippen LogP contribution in [0, 0.1) is 0 Å². The monoisotopic (exact) mass is 391 g/mol. The predicted octanol–water partition coefficient (Wildman–Crippen LogP) is 3.50. The molecule has 152 valence electrons. The standard InChI is InChI=1S/C24H29N3O2/c1-29-20-10-11-21-18(16-20)6-5-9-22(21)26-14-12-24(13-15-26)23(28)25-17-27(24)19-7-3-2-4-8-19/h2-4,7-8,10-11,16,22H,5-6,9,12-15,17H2,1H3,(H,25,28). The molecule has 1 amide bonds. The number of amides is 1. The Labute approximate surface area is 172 Å². The van der Waals surface area contributed by atoms with Crippen molar-refractivity contribution in [2.45, 2.75) is 43.7 Å². The normalized spacial score (nSPS) is 23.7. The maximum absolute atomic E-state index is 12.9. The van der Waals surface area contributed by atoms with Crippen molar-refractivity contribution in [2.75, 3.05) is 31.8 Å². The van der Waals surface area contributed by atoms with Crippen LogP contribution in [0.2, 0.25) is 0 Å². The van der Waals surface area contributed by atoms with Crippen molar-refractivity contribution in [3.8, 4) is 5.75 Å². The molecule has 5 nitrogen and oxygen atoms in total. The number of carbonyl (C=O) groups excluding carboxylic acids is 1. The second kappa shape index (κ2) is 7.38. The molecule has 2 aromatic carbocycles. The number of carbonyl (C=O) groups is 1. The zero-order chi connectivity index (χ0) is 19.8. The Balaban J connectivity index is 1.36. The quantitative estimate of drug-likeness (QED) is 0.870. The molecule has 2 aromatic rings. The molecule has 0 saturated carbocycles. The molecule has 3 aliphatic rings. The highest BCUT2D eigenvalue weighted by Crippen LogP contribution is 2.41. The summed E-state index contributed by atoms with van der Waals surface area (Å²) in [4.78, 5) is 17.8. The van der Waals surface area contributed by atoms with Crippen molar-refractivity contribution < 1.29 is 9.53 Å². The molecule has 0 aromatic heterocycles. The van der Waals surface area contributed by atoms with Gasteiger partial charge >= 0.3 is 0 Å². The first-order valence-corrected chi connectivity index (χ1v) is 10.7. The molecule has 5 rings (SSSR count). The third-order valence-electron chi connectivity index (χ3n) is 7.10. The lowest BCUT2D eigenvalue weighted by Crippen LogP contribution is -2.57. The van der Waals surface area contributed by atoms with Gasteiger partial charge in [-0.25, -0.2) is 0 Å². The van der Waals surface area contributed by atoms with Crippen LogP contribution in [-0.4, -0.2) is 43.2 Å². The number of hydrogen-bond acceptors (Lipinski definition) is 4. The summed E-state index contributed by atoms with van der Waals surface area (Å²) in [5.74, 6) is 1.14. The number of para-hydroxylation sites is 1. The van der Waals surface area contributed by atoms with Crippen molar-refractivity contribution >= 4 is 11.6 Å². The first-order chi connectivity index (χ1) is 14.2. The van der Waals surface area contributed by atoms with E-state index in [0.717, 1.165) is 43.8 Å². The van der Waals surface area contributed by atoms with Crippen molar-refractivity contribution in [1.82, 2.24) is 10.2 Å². The van der Waals surface area contributed by atoms with Gasteiger partial charge in [-0.15, -0.1) is 0 Å². The van der Waals surface area contributed by atoms with Crippen LogP contribution in [-0.2, 0) is 11.2 Å². The third kappa shape index (κ3) is 3.08. The maximum atomic E-state index is 12.9. The molecule has 1 N–H and O–H groups in total. The van der Waals surface area contributed by atoms with Gasteiger partial charge in [0, 0.05) is 24.8 Å². The van der Waals surface area contributed by atoms with Gasteiger partial charge < -0.3 is 15.0 Å². The van der Waals surface area contributed by atoms with Crippen LogP contribution in [0.1, 0.15) is 42.9 Å². The van der Waals surface area contributed by atoms with Gasteiger partial charge in [-0.2, -0.15) is 0 Å². The minimum absolute atomic E-state index is 0.190. The molecular weight excluding hydrogens is 362 g/mol. The number of aryl methyl sites for hydroxylation is 1. The van der Waals surface area contributed by atoms with Gasteiger partial charge in [-0.1, -0.05) is 24.3 Å². The molecule has 1 aliphatic carbocycles. The van der Waals surface area contributed by atoms with E-state index in [2.05, 4.69) is 45.4 Å². The summed E-state index contributed by atoms with van der Waals surface area (Å²) in [6, 6.07) is 17.3. The van der Waals surface area contributed by atoms with Crippen LogP contribution < -0.4 is 15.0 Å². The number of anilines is 1. The summed E-state index contributed by atoms with van der Waals surface area (Å²) in [6.07, 6.45) is 5.28. The number of ether oxygens (including phenoxy) is 1. The number of likely N-dealkylation sites (tertiary alicyclic amines) is 1. The molecule has 1 atom stereocenters. The number of rotatable bonds is 3. The lowest BCUT2D eigenvalue weighted by molar-refractivity contribution is -0.125. The second-order valence-electron chi connectivity index (χ2n) is 8.47. The number of piperidine rings is 1. The number of methoxy groups -OCH3 is 1. The predicted molar refractivity (Wildman–Crippen MR) is 114 cm³/mol. The molecular formula is C24H29N3O2. The minimum Gasteiger partial charge on any atom is -0.497 e. The highest BCUT2D eigenvalue weighted by Gasteiger charge is 2.51. The second-order valence-corrected chi connectivity index (χ2v) is 8.47. The van der Waals surface area contributed by atoms with Gasteiger partial charge in [-0.3, -0.25) is 9.69 Å². The number of nitrogens with one attached hydrogen (secondary N) is 1. The topological polar surface area (TPSA) is 44.8 Å². The Morgan fingerprint density at radius 2 is 1.90 bits per heavy atom.